The molecule has 1 aromatic carbocycles. The predicted molar refractivity (Wildman–Crippen MR) is 63.4 cm³/mol. The molecular formula is C11H12F3NO4S. The first kappa shape index (κ1) is 16.4. The van der Waals surface area contributed by atoms with Crippen LogP contribution in [0.1, 0.15) is 12.5 Å². The van der Waals surface area contributed by atoms with E-state index in [0.717, 1.165) is 18.2 Å². The second kappa shape index (κ2) is 5.80. The number of sulfonamides is 1. The smallest absolute Gasteiger partial charge is 0.416 e. The van der Waals surface area contributed by atoms with E-state index in [0.29, 0.717) is 6.07 Å². The van der Waals surface area contributed by atoms with Crippen molar-refractivity contribution in [2.45, 2.75) is 18.0 Å². The lowest BCUT2D eigenvalue weighted by Gasteiger charge is -2.11. The number of carboxylic acids is 1. The number of halogens is 3. The highest BCUT2D eigenvalue weighted by Gasteiger charge is 2.31. The average molecular weight is 311 g/mol. The van der Waals surface area contributed by atoms with E-state index in [1.807, 2.05) is 4.72 Å². The number of benzene rings is 1. The summed E-state index contributed by atoms with van der Waals surface area (Å²) in [6.45, 7) is 0.866. The first-order valence-corrected chi connectivity index (χ1v) is 6.92. The van der Waals surface area contributed by atoms with Crippen LogP contribution in [0.4, 0.5) is 13.2 Å². The van der Waals surface area contributed by atoms with Crippen LogP contribution in [0.2, 0.25) is 0 Å². The standard InChI is InChI=1S/C11H12F3NO4S/c1-7(10(16)17)6-15-20(18,19)9-4-2-3-8(5-9)11(12,13)14/h2-5,7,15H,6H2,1H3,(H,16,17). The topological polar surface area (TPSA) is 83.5 Å². The van der Waals surface area contributed by atoms with E-state index in [-0.39, 0.29) is 0 Å². The van der Waals surface area contributed by atoms with E-state index in [1.54, 1.807) is 0 Å². The Labute approximate surface area is 113 Å². The summed E-state index contributed by atoms with van der Waals surface area (Å²) in [6, 6.07) is 3.22. The fourth-order valence-electron chi connectivity index (χ4n) is 1.24. The third-order valence-corrected chi connectivity index (χ3v) is 3.89. The molecule has 0 aromatic heterocycles. The van der Waals surface area contributed by atoms with Crippen LogP contribution in [0.3, 0.4) is 0 Å². The molecule has 0 spiro atoms. The molecule has 1 atom stereocenters. The molecule has 112 valence electrons. The molecule has 0 aliphatic carbocycles. The van der Waals surface area contributed by atoms with Crippen LogP contribution in [0.25, 0.3) is 0 Å². The predicted octanol–water partition coefficient (Wildman–Crippen LogP) is 1.70. The van der Waals surface area contributed by atoms with Crippen molar-refractivity contribution in [3.05, 3.63) is 29.8 Å². The van der Waals surface area contributed by atoms with Gasteiger partial charge < -0.3 is 5.11 Å². The van der Waals surface area contributed by atoms with Gasteiger partial charge in [0.05, 0.1) is 16.4 Å². The van der Waals surface area contributed by atoms with Crippen LogP contribution in [0.5, 0.6) is 0 Å². The molecular weight excluding hydrogens is 299 g/mol. The maximum atomic E-state index is 12.5. The molecule has 1 aromatic rings. The van der Waals surface area contributed by atoms with E-state index in [4.69, 9.17) is 5.11 Å². The lowest BCUT2D eigenvalue weighted by atomic mass is 10.2. The van der Waals surface area contributed by atoms with Crippen molar-refractivity contribution >= 4 is 16.0 Å². The van der Waals surface area contributed by atoms with Crippen LogP contribution >= 0.6 is 0 Å². The first-order chi connectivity index (χ1) is 9.04. The van der Waals surface area contributed by atoms with Gasteiger partial charge in [-0.2, -0.15) is 13.2 Å². The Morgan fingerprint density at radius 3 is 2.50 bits per heavy atom. The van der Waals surface area contributed by atoms with E-state index >= 15 is 0 Å². The Balaban J connectivity index is 2.96. The molecule has 2 N–H and O–H groups in total. The van der Waals surface area contributed by atoms with Crippen molar-refractivity contribution in [1.82, 2.24) is 4.72 Å². The van der Waals surface area contributed by atoms with Gasteiger partial charge in [0, 0.05) is 6.54 Å². The Morgan fingerprint density at radius 2 is 2.00 bits per heavy atom. The molecule has 9 heteroatoms. The normalized spacial score (nSPS) is 14.0. The van der Waals surface area contributed by atoms with Gasteiger partial charge in [0.15, 0.2) is 0 Å². The van der Waals surface area contributed by atoms with Crippen molar-refractivity contribution in [1.29, 1.82) is 0 Å². The largest absolute Gasteiger partial charge is 0.481 e. The number of carboxylic acid groups (broad SMARTS) is 1. The quantitative estimate of drug-likeness (QED) is 0.867. The van der Waals surface area contributed by atoms with Crippen LogP contribution < -0.4 is 4.72 Å². The van der Waals surface area contributed by atoms with E-state index in [1.165, 1.54) is 6.92 Å². The number of aliphatic carboxylic acids is 1. The lowest BCUT2D eigenvalue weighted by molar-refractivity contribution is -0.141. The van der Waals surface area contributed by atoms with Crippen LogP contribution in [0, 0.1) is 5.92 Å². The minimum absolute atomic E-state index is 0.409. The van der Waals surface area contributed by atoms with Gasteiger partial charge in [-0.25, -0.2) is 13.1 Å². The Kier molecular flexibility index (Phi) is 4.77. The number of hydrogen-bond acceptors (Lipinski definition) is 3. The molecule has 20 heavy (non-hydrogen) atoms. The molecule has 1 unspecified atom stereocenters. The Hall–Kier alpha value is -1.61. The number of rotatable bonds is 5. The fraction of sp³-hybridized carbons (Fsp3) is 0.364. The number of nitrogens with one attached hydrogen (secondary N) is 1. The maximum absolute atomic E-state index is 12.5. The minimum atomic E-state index is -4.65. The summed E-state index contributed by atoms with van der Waals surface area (Å²) in [5.41, 5.74) is -1.09. The SMILES string of the molecule is CC(CNS(=O)(=O)c1cccc(C(F)(F)F)c1)C(=O)O. The van der Waals surface area contributed by atoms with Gasteiger partial charge in [-0.15, -0.1) is 0 Å². The second-order valence-electron chi connectivity index (χ2n) is 4.12. The molecule has 0 amide bonds. The van der Waals surface area contributed by atoms with Crippen molar-refractivity contribution in [2.24, 2.45) is 5.92 Å². The summed E-state index contributed by atoms with van der Waals surface area (Å²) >= 11 is 0. The summed E-state index contributed by atoms with van der Waals surface area (Å²) < 4.78 is 62.9. The van der Waals surface area contributed by atoms with E-state index in [9.17, 15) is 26.4 Å². The highest BCUT2D eigenvalue weighted by molar-refractivity contribution is 7.89. The third-order valence-electron chi connectivity index (χ3n) is 2.47. The molecule has 0 aliphatic rings. The maximum Gasteiger partial charge on any atom is 0.416 e. The summed E-state index contributed by atoms with van der Waals surface area (Å²) in [4.78, 5) is 9.99. The van der Waals surface area contributed by atoms with E-state index < -0.39 is 45.1 Å². The van der Waals surface area contributed by atoms with Gasteiger partial charge in [-0.1, -0.05) is 13.0 Å². The zero-order chi connectivity index (χ0) is 15.6. The summed E-state index contributed by atoms with van der Waals surface area (Å²) in [6.07, 6.45) is -4.65. The van der Waals surface area contributed by atoms with Gasteiger partial charge in [-0.3, -0.25) is 4.79 Å². The third kappa shape index (κ3) is 4.20. The highest BCUT2D eigenvalue weighted by Crippen LogP contribution is 2.30. The first-order valence-electron chi connectivity index (χ1n) is 5.44. The van der Waals surface area contributed by atoms with Gasteiger partial charge in [0.1, 0.15) is 0 Å². The van der Waals surface area contributed by atoms with Crippen LogP contribution in [0.15, 0.2) is 29.2 Å². The average Bonchev–Trinajstić information content (AvgIpc) is 2.35. The summed E-state index contributed by atoms with van der Waals surface area (Å²) in [5, 5.41) is 8.62. The van der Waals surface area contributed by atoms with Crippen molar-refractivity contribution in [2.75, 3.05) is 6.54 Å². The molecule has 0 radical (unpaired) electrons. The van der Waals surface area contributed by atoms with Gasteiger partial charge in [0.2, 0.25) is 10.0 Å². The zero-order valence-electron chi connectivity index (χ0n) is 10.3. The van der Waals surface area contributed by atoms with Gasteiger partial charge in [0.25, 0.3) is 0 Å². The highest BCUT2D eigenvalue weighted by atomic mass is 32.2. The minimum Gasteiger partial charge on any atom is -0.481 e. The van der Waals surface area contributed by atoms with Crippen molar-refractivity contribution in [3.8, 4) is 0 Å². The molecule has 0 saturated heterocycles. The molecule has 0 saturated carbocycles. The molecule has 1 rings (SSSR count). The van der Waals surface area contributed by atoms with Gasteiger partial charge in [-0.05, 0) is 18.2 Å². The second-order valence-corrected chi connectivity index (χ2v) is 5.88. The zero-order valence-corrected chi connectivity index (χ0v) is 11.1. The summed E-state index contributed by atoms with van der Waals surface area (Å²) in [5.74, 6) is -2.20. The van der Waals surface area contributed by atoms with Crippen LogP contribution in [-0.2, 0) is 21.0 Å². The lowest BCUT2D eigenvalue weighted by Crippen LogP contribution is -2.31. The molecule has 5 nitrogen and oxygen atoms in total. The molecule has 0 fully saturated rings. The number of carbonyl (C=O) groups is 1. The van der Waals surface area contributed by atoms with Crippen LogP contribution in [-0.4, -0.2) is 26.0 Å². The Morgan fingerprint density at radius 1 is 1.40 bits per heavy atom. The molecule has 0 aliphatic heterocycles. The van der Waals surface area contributed by atoms with Crippen molar-refractivity contribution in [3.63, 3.8) is 0 Å². The van der Waals surface area contributed by atoms with E-state index in [2.05, 4.69) is 0 Å². The molecule has 0 bridgehead atoms. The van der Waals surface area contributed by atoms with Crippen molar-refractivity contribution < 1.29 is 31.5 Å². The number of alkyl halides is 3. The Bertz CT molecular complexity index is 598. The fourth-order valence-corrected chi connectivity index (χ4v) is 2.42. The molecule has 0 heterocycles. The monoisotopic (exact) mass is 311 g/mol. The number of hydrogen-bond donors (Lipinski definition) is 2. The summed E-state index contributed by atoms with van der Waals surface area (Å²) in [7, 11) is -4.18. The van der Waals surface area contributed by atoms with Gasteiger partial charge >= 0.3 is 12.1 Å².